The van der Waals surface area contributed by atoms with E-state index < -0.39 is 0 Å². The molecular weight excluding hydrogens is 258 g/mol. The molecule has 1 aliphatic carbocycles. The standard InChI is InChI=1S/C16H14ClNO/c17-13-5-2-6-14(18)15(13)16(19)12-8-7-10-3-1-4-11(10)9-12/h2,5-9H,1,3-4,18H2. The fraction of sp³-hybridized carbons (Fsp3) is 0.188. The Kier molecular flexibility index (Phi) is 3.03. The van der Waals surface area contributed by atoms with Gasteiger partial charge in [0.1, 0.15) is 0 Å². The summed E-state index contributed by atoms with van der Waals surface area (Å²) in [6.45, 7) is 0. The van der Waals surface area contributed by atoms with Gasteiger partial charge in [-0.05, 0) is 48.6 Å². The number of benzene rings is 2. The van der Waals surface area contributed by atoms with Crippen LogP contribution in [0.2, 0.25) is 5.02 Å². The molecule has 0 aromatic heterocycles. The molecule has 0 unspecified atom stereocenters. The molecule has 2 N–H and O–H groups in total. The number of rotatable bonds is 2. The lowest BCUT2D eigenvalue weighted by Crippen LogP contribution is -2.06. The quantitative estimate of drug-likeness (QED) is 0.669. The van der Waals surface area contributed by atoms with Crippen molar-refractivity contribution < 1.29 is 4.79 Å². The summed E-state index contributed by atoms with van der Waals surface area (Å²) >= 11 is 6.09. The van der Waals surface area contributed by atoms with E-state index in [1.807, 2.05) is 18.2 Å². The number of ketones is 1. The van der Waals surface area contributed by atoms with Crippen molar-refractivity contribution in [2.45, 2.75) is 19.3 Å². The molecule has 0 atom stereocenters. The van der Waals surface area contributed by atoms with E-state index in [0.717, 1.165) is 12.8 Å². The van der Waals surface area contributed by atoms with Gasteiger partial charge in [0, 0.05) is 11.3 Å². The zero-order valence-electron chi connectivity index (χ0n) is 10.4. The monoisotopic (exact) mass is 271 g/mol. The molecule has 2 aromatic carbocycles. The second-order valence-corrected chi connectivity index (χ2v) is 5.28. The summed E-state index contributed by atoms with van der Waals surface area (Å²) in [6.07, 6.45) is 3.33. The zero-order chi connectivity index (χ0) is 13.4. The van der Waals surface area contributed by atoms with E-state index in [9.17, 15) is 4.79 Å². The number of nitrogen functional groups attached to an aromatic ring is 1. The first-order valence-electron chi connectivity index (χ1n) is 6.37. The minimum atomic E-state index is -0.0993. The van der Waals surface area contributed by atoms with Crippen molar-refractivity contribution in [1.82, 2.24) is 0 Å². The number of carbonyl (C=O) groups excluding carboxylic acids is 1. The summed E-state index contributed by atoms with van der Waals surface area (Å²) in [5, 5.41) is 0.408. The Morgan fingerprint density at radius 2 is 1.89 bits per heavy atom. The Morgan fingerprint density at radius 1 is 1.11 bits per heavy atom. The van der Waals surface area contributed by atoms with Crippen molar-refractivity contribution in [2.24, 2.45) is 0 Å². The molecule has 2 nitrogen and oxygen atoms in total. The molecule has 3 rings (SSSR count). The number of anilines is 1. The van der Waals surface area contributed by atoms with Crippen molar-refractivity contribution in [3.63, 3.8) is 0 Å². The summed E-state index contributed by atoms with van der Waals surface area (Å²) in [5.74, 6) is -0.0993. The molecule has 2 aromatic rings. The highest BCUT2D eigenvalue weighted by Gasteiger charge is 2.18. The van der Waals surface area contributed by atoms with Gasteiger partial charge in [0.2, 0.25) is 0 Å². The van der Waals surface area contributed by atoms with Crippen molar-refractivity contribution in [2.75, 3.05) is 5.73 Å². The van der Waals surface area contributed by atoms with Crippen LogP contribution >= 0.6 is 11.6 Å². The van der Waals surface area contributed by atoms with Crippen LogP contribution in [0.4, 0.5) is 5.69 Å². The number of carbonyl (C=O) groups is 1. The number of hydrogen-bond acceptors (Lipinski definition) is 2. The maximum absolute atomic E-state index is 12.5. The summed E-state index contributed by atoms with van der Waals surface area (Å²) < 4.78 is 0. The second kappa shape index (κ2) is 4.71. The molecular formula is C16H14ClNO. The average Bonchev–Trinajstić information content (AvgIpc) is 2.85. The Morgan fingerprint density at radius 3 is 2.68 bits per heavy atom. The van der Waals surface area contributed by atoms with Gasteiger partial charge < -0.3 is 5.73 Å². The minimum absolute atomic E-state index is 0.0993. The van der Waals surface area contributed by atoms with Gasteiger partial charge in [0.15, 0.2) is 5.78 Å². The van der Waals surface area contributed by atoms with Gasteiger partial charge in [-0.15, -0.1) is 0 Å². The second-order valence-electron chi connectivity index (χ2n) is 4.87. The van der Waals surface area contributed by atoms with Gasteiger partial charge in [-0.25, -0.2) is 0 Å². The summed E-state index contributed by atoms with van der Waals surface area (Å²) in [5.41, 5.74) is 9.99. The molecule has 0 radical (unpaired) electrons. The average molecular weight is 272 g/mol. The van der Waals surface area contributed by atoms with Crippen LogP contribution in [0.3, 0.4) is 0 Å². The van der Waals surface area contributed by atoms with E-state index in [-0.39, 0.29) is 5.78 Å². The molecule has 0 heterocycles. The highest BCUT2D eigenvalue weighted by molar-refractivity contribution is 6.35. The normalized spacial score (nSPS) is 13.3. The third kappa shape index (κ3) is 2.13. The lowest BCUT2D eigenvalue weighted by atomic mass is 9.98. The summed E-state index contributed by atoms with van der Waals surface area (Å²) in [7, 11) is 0. The van der Waals surface area contributed by atoms with Gasteiger partial charge in [0.25, 0.3) is 0 Å². The molecule has 0 bridgehead atoms. The third-order valence-electron chi connectivity index (χ3n) is 3.63. The first-order chi connectivity index (χ1) is 9.16. The van der Waals surface area contributed by atoms with Gasteiger partial charge in [-0.3, -0.25) is 4.79 Å². The predicted molar refractivity (Wildman–Crippen MR) is 77.8 cm³/mol. The number of halogens is 1. The molecule has 0 amide bonds. The van der Waals surface area contributed by atoms with Crippen molar-refractivity contribution >= 4 is 23.1 Å². The van der Waals surface area contributed by atoms with Gasteiger partial charge >= 0.3 is 0 Å². The van der Waals surface area contributed by atoms with E-state index in [1.54, 1.807) is 18.2 Å². The van der Waals surface area contributed by atoms with Gasteiger partial charge in [0.05, 0.1) is 10.6 Å². The van der Waals surface area contributed by atoms with E-state index >= 15 is 0 Å². The first kappa shape index (κ1) is 12.2. The highest BCUT2D eigenvalue weighted by Crippen LogP contribution is 2.28. The summed E-state index contributed by atoms with van der Waals surface area (Å²) in [4.78, 5) is 12.5. The zero-order valence-corrected chi connectivity index (χ0v) is 11.2. The van der Waals surface area contributed by atoms with Crippen LogP contribution in [0.15, 0.2) is 36.4 Å². The van der Waals surface area contributed by atoms with Crippen LogP contribution in [0.25, 0.3) is 0 Å². The molecule has 19 heavy (non-hydrogen) atoms. The van der Waals surface area contributed by atoms with Gasteiger partial charge in [-0.1, -0.05) is 29.8 Å². The highest BCUT2D eigenvalue weighted by atomic mass is 35.5. The molecule has 0 saturated carbocycles. The van der Waals surface area contributed by atoms with Crippen molar-refractivity contribution in [3.05, 3.63) is 63.7 Å². The van der Waals surface area contributed by atoms with E-state index in [1.165, 1.54) is 17.5 Å². The molecule has 1 aliphatic rings. The number of fused-ring (bicyclic) bond motifs is 1. The Bertz CT molecular complexity index is 644. The molecule has 0 saturated heterocycles. The van der Waals surface area contributed by atoms with E-state index in [4.69, 9.17) is 17.3 Å². The fourth-order valence-electron chi connectivity index (χ4n) is 2.64. The number of aryl methyl sites for hydroxylation is 2. The summed E-state index contributed by atoms with van der Waals surface area (Å²) in [6, 6.07) is 11.0. The lowest BCUT2D eigenvalue weighted by Gasteiger charge is -2.08. The molecule has 0 aliphatic heterocycles. The Hall–Kier alpha value is -1.80. The maximum atomic E-state index is 12.5. The van der Waals surface area contributed by atoms with Gasteiger partial charge in [-0.2, -0.15) is 0 Å². The van der Waals surface area contributed by atoms with E-state index in [2.05, 4.69) is 0 Å². The smallest absolute Gasteiger partial charge is 0.196 e. The molecule has 0 spiro atoms. The predicted octanol–water partition coefficient (Wildman–Crippen LogP) is 3.64. The Labute approximate surface area is 117 Å². The van der Waals surface area contributed by atoms with E-state index in [0.29, 0.717) is 21.8 Å². The topological polar surface area (TPSA) is 43.1 Å². The fourth-order valence-corrected chi connectivity index (χ4v) is 2.91. The van der Waals surface area contributed by atoms with Crippen LogP contribution in [0, 0.1) is 0 Å². The SMILES string of the molecule is Nc1cccc(Cl)c1C(=O)c1ccc2c(c1)CCC2. The molecule has 3 heteroatoms. The number of nitrogens with two attached hydrogens (primary N) is 1. The molecule has 0 fully saturated rings. The van der Waals surface area contributed by atoms with Crippen LogP contribution in [-0.2, 0) is 12.8 Å². The lowest BCUT2D eigenvalue weighted by molar-refractivity contribution is 0.103. The largest absolute Gasteiger partial charge is 0.398 e. The van der Waals surface area contributed by atoms with Crippen LogP contribution in [-0.4, -0.2) is 5.78 Å². The minimum Gasteiger partial charge on any atom is -0.398 e. The van der Waals surface area contributed by atoms with Crippen molar-refractivity contribution in [1.29, 1.82) is 0 Å². The van der Waals surface area contributed by atoms with Crippen LogP contribution in [0.1, 0.15) is 33.5 Å². The first-order valence-corrected chi connectivity index (χ1v) is 6.75. The molecule has 96 valence electrons. The third-order valence-corrected chi connectivity index (χ3v) is 3.95. The Balaban J connectivity index is 2.05. The number of hydrogen-bond donors (Lipinski definition) is 1. The van der Waals surface area contributed by atoms with Crippen LogP contribution < -0.4 is 5.73 Å². The van der Waals surface area contributed by atoms with Crippen LogP contribution in [0.5, 0.6) is 0 Å². The van der Waals surface area contributed by atoms with Crippen molar-refractivity contribution in [3.8, 4) is 0 Å². The maximum Gasteiger partial charge on any atom is 0.196 e.